The first-order valence-corrected chi connectivity index (χ1v) is 11.7. The summed E-state index contributed by atoms with van der Waals surface area (Å²) in [4.78, 5) is 2.28. The summed E-state index contributed by atoms with van der Waals surface area (Å²) in [5.41, 5.74) is 1.63. The molecular weight excluding hydrogens is 413 g/mol. The molecule has 31 heavy (non-hydrogen) atoms. The summed E-state index contributed by atoms with van der Waals surface area (Å²) in [7, 11) is 0. The molecule has 3 aromatic rings. The second-order valence-electron chi connectivity index (χ2n) is 8.80. The number of phenolic OH excluding ortho intramolecular Hbond substituents is 1. The summed E-state index contributed by atoms with van der Waals surface area (Å²) >= 11 is 6.69. The van der Waals surface area contributed by atoms with Crippen LogP contribution in [0.1, 0.15) is 63.0 Å². The predicted molar refractivity (Wildman–Crippen MR) is 123 cm³/mol. The Balaban J connectivity index is 1.73. The minimum Gasteiger partial charge on any atom is -0.507 e. The lowest BCUT2D eigenvalue weighted by Gasteiger charge is -2.30. The van der Waals surface area contributed by atoms with Crippen LogP contribution in [0.5, 0.6) is 5.75 Å². The summed E-state index contributed by atoms with van der Waals surface area (Å²) in [5, 5.41) is 22.2. The van der Waals surface area contributed by atoms with Crippen molar-refractivity contribution in [2.45, 2.75) is 57.3 Å². The number of benzene rings is 2. The normalized spacial score (nSPS) is 17.9. The molecule has 0 atom stereocenters. The number of fused-ring (bicyclic) bond motifs is 1. The minimum atomic E-state index is -0.490. The van der Waals surface area contributed by atoms with Gasteiger partial charge >= 0.3 is 0 Å². The summed E-state index contributed by atoms with van der Waals surface area (Å²) in [5.74, 6) is 0.608. The van der Waals surface area contributed by atoms with Crippen LogP contribution >= 0.6 is 11.6 Å². The van der Waals surface area contributed by atoms with Crippen LogP contribution < -0.4 is 4.90 Å². The van der Waals surface area contributed by atoms with Crippen LogP contribution in [0, 0.1) is 5.82 Å². The van der Waals surface area contributed by atoms with Gasteiger partial charge in [0, 0.05) is 40.4 Å². The smallest absolute Gasteiger partial charge is 0.159 e. The lowest BCUT2D eigenvalue weighted by Crippen LogP contribution is -2.30. The van der Waals surface area contributed by atoms with Gasteiger partial charge in [-0.15, -0.1) is 5.10 Å². The highest BCUT2D eigenvalue weighted by atomic mass is 35.5. The van der Waals surface area contributed by atoms with Gasteiger partial charge in [-0.05, 0) is 56.4 Å². The maximum Gasteiger partial charge on any atom is 0.159 e. The van der Waals surface area contributed by atoms with Gasteiger partial charge in [-0.25, -0.2) is 4.39 Å². The zero-order chi connectivity index (χ0) is 21.4. The molecule has 1 aliphatic carbocycles. The van der Waals surface area contributed by atoms with Crippen LogP contribution in [0.15, 0.2) is 30.3 Å². The highest BCUT2D eigenvalue weighted by molar-refractivity contribution is 6.34. The highest BCUT2D eigenvalue weighted by Gasteiger charge is 2.25. The molecule has 2 heterocycles. The van der Waals surface area contributed by atoms with Crippen molar-refractivity contribution in [2.75, 3.05) is 18.0 Å². The van der Waals surface area contributed by atoms with E-state index in [1.807, 2.05) is 12.1 Å². The Morgan fingerprint density at radius 2 is 1.68 bits per heavy atom. The van der Waals surface area contributed by atoms with Crippen LogP contribution in [0.2, 0.25) is 5.02 Å². The third-order valence-corrected chi connectivity index (χ3v) is 7.10. The van der Waals surface area contributed by atoms with E-state index in [4.69, 9.17) is 21.8 Å². The quantitative estimate of drug-likeness (QED) is 0.485. The van der Waals surface area contributed by atoms with Crippen molar-refractivity contribution < 1.29 is 9.50 Å². The summed E-state index contributed by atoms with van der Waals surface area (Å²) in [6, 6.07) is 8.14. The first-order valence-electron chi connectivity index (χ1n) is 11.4. The van der Waals surface area contributed by atoms with E-state index in [-0.39, 0.29) is 11.3 Å². The average Bonchev–Trinajstić information content (AvgIpc) is 2.80. The monoisotopic (exact) mass is 439 g/mol. The molecule has 2 fully saturated rings. The van der Waals surface area contributed by atoms with Crippen molar-refractivity contribution in [3.8, 4) is 16.9 Å². The van der Waals surface area contributed by atoms with Gasteiger partial charge in [0.15, 0.2) is 5.82 Å². The Morgan fingerprint density at radius 3 is 2.42 bits per heavy atom. The minimum absolute atomic E-state index is 0.115. The van der Waals surface area contributed by atoms with Crippen LogP contribution in [0.4, 0.5) is 10.2 Å². The maximum absolute atomic E-state index is 14.7. The topological polar surface area (TPSA) is 49.2 Å². The van der Waals surface area contributed by atoms with Crippen LogP contribution in [0.3, 0.4) is 0 Å². The molecule has 2 aliphatic rings. The van der Waals surface area contributed by atoms with E-state index in [0.29, 0.717) is 16.5 Å². The average molecular weight is 440 g/mol. The Kier molecular flexibility index (Phi) is 5.70. The van der Waals surface area contributed by atoms with Crippen molar-refractivity contribution in [3.05, 3.63) is 46.9 Å². The van der Waals surface area contributed by atoms with Crippen molar-refractivity contribution in [1.82, 2.24) is 10.2 Å². The molecule has 0 amide bonds. The van der Waals surface area contributed by atoms with E-state index in [9.17, 15) is 9.50 Å². The number of aromatic hydroxyl groups is 1. The molecule has 0 spiro atoms. The molecule has 162 valence electrons. The highest BCUT2D eigenvalue weighted by Crippen LogP contribution is 2.43. The second kappa shape index (κ2) is 8.62. The Bertz CT molecular complexity index is 1090. The fourth-order valence-electron chi connectivity index (χ4n) is 5.17. The van der Waals surface area contributed by atoms with Gasteiger partial charge in [0.05, 0.1) is 11.3 Å². The van der Waals surface area contributed by atoms with Crippen LogP contribution in [-0.4, -0.2) is 28.4 Å². The third-order valence-electron chi connectivity index (χ3n) is 6.78. The first kappa shape index (κ1) is 20.5. The van der Waals surface area contributed by atoms with Gasteiger partial charge in [-0.3, -0.25) is 0 Å². The van der Waals surface area contributed by atoms with Gasteiger partial charge < -0.3 is 10.0 Å². The molecule has 6 heteroatoms. The number of aromatic nitrogens is 2. The molecule has 0 bridgehead atoms. The Labute approximate surface area is 187 Å². The van der Waals surface area contributed by atoms with Crippen LogP contribution in [0.25, 0.3) is 21.9 Å². The Morgan fingerprint density at radius 1 is 0.935 bits per heavy atom. The molecule has 0 unspecified atom stereocenters. The number of anilines is 1. The number of rotatable bonds is 3. The molecule has 1 aliphatic heterocycles. The molecule has 1 saturated carbocycles. The molecular formula is C25H27ClFN3O. The summed E-state index contributed by atoms with van der Waals surface area (Å²) in [6.45, 7) is 1.88. The van der Waals surface area contributed by atoms with Gasteiger partial charge in [0.25, 0.3) is 0 Å². The molecule has 1 saturated heterocycles. The summed E-state index contributed by atoms with van der Waals surface area (Å²) < 4.78 is 14.7. The number of nitrogens with zero attached hydrogens (tertiary/aromatic N) is 3. The Hall–Kier alpha value is -2.40. The van der Waals surface area contributed by atoms with E-state index in [1.54, 1.807) is 0 Å². The first-order chi connectivity index (χ1) is 15.1. The van der Waals surface area contributed by atoms with Crippen molar-refractivity contribution >= 4 is 28.2 Å². The van der Waals surface area contributed by atoms with E-state index in [2.05, 4.69) is 4.90 Å². The van der Waals surface area contributed by atoms with E-state index < -0.39 is 5.82 Å². The van der Waals surface area contributed by atoms with E-state index >= 15 is 0 Å². The third kappa shape index (κ3) is 3.84. The lowest BCUT2D eigenvalue weighted by molar-refractivity contribution is 0.436. The number of phenols is 1. The summed E-state index contributed by atoms with van der Waals surface area (Å²) in [6.07, 6.45) is 9.38. The van der Waals surface area contributed by atoms with E-state index in [0.717, 1.165) is 61.1 Å². The predicted octanol–water partition coefficient (Wildman–Crippen LogP) is 6.83. The zero-order valence-electron chi connectivity index (χ0n) is 17.6. The van der Waals surface area contributed by atoms with Gasteiger partial charge in [0.1, 0.15) is 11.6 Å². The number of hydrogen-bond acceptors (Lipinski definition) is 4. The maximum atomic E-state index is 14.7. The van der Waals surface area contributed by atoms with Crippen molar-refractivity contribution in [3.63, 3.8) is 0 Å². The van der Waals surface area contributed by atoms with Gasteiger partial charge in [0.2, 0.25) is 0 Å². The molecule has 0 radical (unpaired) electrons. The zero-order valence-corrected chi connectivity index (χ0v) is 18.3. The van der Waals surface area contributed by atoms with Gasteiger partial charge in [-0.2, -0.15) is 5.10 Å². The molecule has 1 aromatic heterocycles. The van der Waals surface area contributed by atoms with Crippen molar-refractivity contribution in [2.24, 2.45) is 0 Å². The van der Waals surface area contributed by atoms with Crippen molar-refractivity contribution in [1.29, 1.82) is 0 Å². The largest absolute Gasteiger partial charge is 0.507 e. The number of halogens is 2. The SMILES string of the molecule is Oc1cccc(F)c1-c1cc2c(N3CCCCC3)nnc(C3CCCCC3)c2cc1Cl. The fourth-order valence-corrected chi connectivity index (χ4v) is 5.43. The standard InChI is InChI=1S/C25H27ClFN3O/c26-20-15-17-18(14-19(20)23-21(27)10-7-11-22(23)31)25(30-12-5-2-6-13-30)29-28-24(17)16-8-3-1-4-9-16/h7,10-11,14-16,31H,1-6,8-9,12-13H2. The fraction of sp³-hybridized carbons (Fsp3) is 0.440. The van der Waals surface area contributed by atoms with E-state index in [1.165, 1.54) is 43.9 Å². The second-order valence-corrected chi connectivity index (χ2v) is 9.21. The molecule has 5 rings (SSSR count). The number of piperidine rings is 1. The molecule has 4 nitrogen and oxygen atoms in total. The molecule has 1 N–H and O–H groups in total. The molecule has 2 aromatic carbocycles. The van der Waals surface area contributed by atoms with Crippen LogP contribution in [-0.2, 0) is 0 Å². The lowest BCUT2D eigenvalue weighted by atomic mass is 9.85. The number of hydrogen-bond donors (Lipinski definition) is 1. The van der Waals surface area contributed by atoms with Gasteiger partial charge in [-0.1, -0.05) is 36.9 Å².